The Balaban J connectivity index is 1.81. The third kappa shape index (κ3) is 2.36. The van der Waals surface area contributed by atoms with Crippen molar-refractivity contribution < 1.29 is 0 Å². The van der Waals surface area contributed by atoms with Crippen molar-refractivity contribution in [2.24, 2.45) is 23.5 Å². The van der Waals surface area contributed by atoms with Crippen LogP contribution in [0.4, 0.5) is 0 Å². The Morgan fingerprint density at radius 2 is 2.13 bits per heavy atom. The lowest BCUT2D eigenvalue weighted by Crippen LogP contribution is -2.41. The van der Waals surface area contributed by atoms with Crippen LogP contribution >= 0.6 is 0 Å². The van der Waals surface area contributed by atoms with Crippen LogP contribution in [0.3, 0.4) is 0 Å². The van der Waals surface area contributed by atoms with Crippen LogP contribution in [0.15, 0.2) is 0 Å². The molecule has 2 saturated carbocycles. The molecule has 2 rings (SSSR count). The Hall–Kier alpha value is -0.0800. The van der Waals surface area contributed by atoms with Gasteiger partial charge in [-0.3, -0.25) is 0 Å². The maximum Gasteiger partial charge on any atom is 0.0212 e. The largest absolute Gasteiger partial charge is 0.329 e. The second-order valence-electron chi connectivity index (χ2n) is 5.67. The van der Waals surface area contributed by atoms with Gasteiger partial charge >= 0.3 is 0 Å². The van der Waals surface area contributed by atoms with Crippen LogP contribution < -0.4 is 5.73 Å². The molecule has 4 unspecified atom stereocenters. The van der Waals surface area contributed by atoms with Crippen molar-refractivity contribution in [3.63, 3.8) is 0 Å². The van der Waals surface area contributed by atoms with E-state index < -0.39 is 0 Å². The highest BCUT2D eigenvalue weighted by atomic mass is 15.1. The zero-order valence-corrected chi connectivity index (χ0v) is 10.3. The molecule has 2 nitrogen and oxygen atoms in total. The third-order valence-electron chi connectivity index (χ3n) is 4.77. The van der Waals surface area contributed by atoms with Crippen molar-refractivity contribution in [3.8, 4) is 0 Å². The molecular formula is C13H26N2. The third-order valence-corrected chi connectivity index (χ3v) is 4.77. The number of hydrogen-bond donors (Lipinski definition) is 1. The van der Waals surface area contributed by atoms with E-state index in [1.54, 1.807) is 0 Å². The van der Waals surface area contributed by atoms with Crippen molar-refractivity contribution in [2.75, 3.05) is 20.1 Å². The highest BCUT2D eigenvalue weighted by molar-refractivity contribution is 4.91. The zero-order chi connectivity index (χ0) is 10.8. The molecule has 88 valence electrons. The van der Waals surface area contributed by atoms with E-state index in [0.29, 0.717) is 6.04 Å². The molecule has 2 heteroatoms. The van der Waals surface area contributed by atoms with Gasteiger partial charge in [0.1, 0.15) is 0 Å². The van der Waals surface area contributed by atoms with Gasteiger partial charge in [-0.25, -0.2) is 0 Å². The summed E-state index contributed by atoms with van der Waals surface area (Å²) in [7, 11) is 2.26. The van der Waals surface area contributed by atoms with Gasteiger partial charge in [-0.2, -0.15) is 0 Å². The predicted octanol–water partition coefficient (Wildman–Crippen LogP) is 2.09. The molecule has 2 N–H and O–H groups in total. The minimum atomic E-state index is 0.601. The molecule has 2 aliphatic rings. The summed E-state index contributed by atoms with van der Waals surface area (Å²) in [5.41, 5.74) is 5.79. The Morgan fingerprint density at radius 1 is 1.33 bits per heavy atom. The van der Waals surface area contributed by atoms with Crippen molar-refractivity contribution in [1.29, 1.82) is 0 Å². The molecule has 2 bridgehead atoms. The molecule has 0 saturated heterocycles. The number of nitrogens with zero attached hydrogens (tertiary/aromatic N) is 1. The van der Waals surface area contributed by atoms with Crippen LogP contribution in [-0.2, 0) is 0 Å². The van der Waals surface area contributed by atoms with E-state index in [2.05, 4.69) is 18.9 Å². The monoisotopic (exact) mass is 210 g/mol. The van der Waals surface area contributed by atoms with Crippen LogP contribution in [0.5, 0.6) is 0 Å². The Morgan fingerprint density at radius 3 is 2.60 bits per heavy atom. The maximum absolute atomic E-state index is 5.79. The lowest BCUT2D eigenvalue weighted by molar-refractivity contribution is 0.172. The van der Waals surface area contributed by atoms with Gasteiger partial charge < -0.3 is 10.6 Å². The molecular weight excluding hydrogens is 184 g/mol. The van der Waals surface area contributed by atoms with Crippen LogP contribution in [0.2, 0.25) is 0 Å². The van der Waals surface area contributed by atoms with E-state index in [1.807, 2.05) is 0 Å². The minimum Gasteiger partial charge on any atom is -0.329 e. The molecule has 2 fully saturated rings. The summed E-state index contributed by atoms with van der Waals surface area (Å²) in [4.78, 5) is 2.51. The molecule has 2 aliphatic carbocycles. The minimum absolute atomic E-state index is 0.601. The van der Waals surface area contributed by atoms with Crippen molar-refractivity contribution in [3.05, 3.63) is 0 Å². The number of rotatable bonds is 5. The standard InChI is InChI=1S/C13H26N2/c1-3-13(8-14)15(2)9-12-7-10-4-5-11(12)6-10/h10-13H,3-9,14H2,1-2H3. The number of hydrogen-bond acceptors (Lipinski definition) is 2. The van der Waals surface area contributed by atoms with Crippen molar-refractivity contribution in [1.82, 2.24) is 4.90 Å². The lowest BCUT2D eigenvalue weighted by Gasteiger charge is -2.31. The molecule has 0 aromatic carbocycles. The van der Waals surface area contributed by atoms with Crippen LogP contribution in [0.1, 0.15) is 39.0 Å². The summed E-state index contributed by atoms with van der Waals surface area (Å²) >= 11 is 0. The molecule has 0 aromatic heterocycles. The Labute approximate surface area is 94.2 Å². The average Bonchev–Trinajstić information content (AvgIpc) is 2.81. The van der Waals surface area contributed by atoms with Gasteiger partial charge in [-0.1, -0.05) is 13.3 Å². The van der Waals surface area contributed by atoms with E-state index in [0.717, 1.165) is 24.3 Å². The maximum atomic E-state index is 5.79. The van der Waals surface area contributed by atoms with Gasteiger partial charge in [0.15, 0.2) is 0 Å². The second kappa shape index (κ2) is 4.84. The number of nitrogens with two attached hydrogens (primary N) is 1. The molecule has 0 aliphatic heterocycles. The van der Waals surface area contributed by atoms with Gasteiger partial charge in [0, 0.05) is 19.1 Å². The van der Waals surface area contributed by atoms with Crippen molar-refractivity contribution >= 4 is 0 Å². The first kappa shape index (κ1) is 11.4. The summed E-state index contributed by atoms with van der Waals surface area (Å²) < 4.78 is 0. The van der Waals surface area contributed by atoms with E-state index in [-0.39, 0.29) is 0 Å². The Kier molecular flexibility index (Phi) is 3.68. The van der Waals surface area contributed by atoms with Crippen LogP contribution in [0, 0.1) is 17.8 Å². The Bertz CT molecular complexity index is 201. The molecule has 0 heterocycles. The van der Waals surface area contributed by atoms with Crippen LogP contribution in [0.25, 0.3) is 0 Å². The fourth-order valence-electron chi connectivity index (χ4n) is 3.78. The van der Waals surface area contributed by atoms with E-state index in [4.69, 9.17) is 5.73 Å². The fraction of sp³-hybridized carbons (Fsp3) is 1.00. The molecule has 0 aromatic rings. The quantitative estimate of drug-likeness (QED) is 0.753. The first-order valence-electron chi connectivity index (χ1n) is 6.64. The average molecular weight is 210 g/mol. The number of likely N-dealkylation sites (N-methyl/N-ethyl adjacent to an activating group) is 1. The SMILES string of the molecule is CCC(CN)N(C)CC1CC2CCC1C2. The zero-order valence-electron chi connectivity index (χ0n) is 10.3. The highest BCUT2D eigenvalue weighted by Gasteiger charge is 2.39. The van der Waals surface area contributed by atoms with Crippen molar-refractivity contribution in [2.45, 2.75) is 45.1 Å². The van der Waals surface area contributed by atoms with E-state index >= 15 is 0 Å². The van der Waals surface area contributed by atoms with Gasteiger partial charge in [-0.15, -0.1) is 0 Å². The first-order valence-corrected chi connectivity index (χ1v) is 6.64. The van der Waals surface area contributed by atoms with Gasteiger partial charge in [0.25, 0.3) is 0 Å². The van der Waals surface area contributed by atoms with Gasteiger partial charge in [-0.05, 0) is 50.5 Å². The van der Waals surface area contributed by atoms with E-state index in [9.17, 15) is 0 Å². The molecule has 0 radical (unpaired) electrons. The molecule has 0 amide bonds. The topological polar surface area (TPSA) is 29.3 Å². The normalized spacial score (nSPS) is 36.4. The second-order valence-corrected chi connectivity index (χ2v) is 5.67. The molecule has 15 heavy (non-hydrogen) atoms. The first-order chi connectivity index (χ1) is 7.24. The van der Waals surface area contributed by atoms with Gasteiger partial charge in [0.05, 0.1) is 0 Å². The summed E-state index contributed by atoms with van der Waals surface area (Å²) in [5.74, 6) is 3.11. The summed E-state index contributed by atoms with van der Waals surface area (Å²) in [6.45, 7) is 4.35. The molecule has 4 atom stereocenters. The van der Waals surface area contributed by atoms with Crippen LogP contribution in [-0.4, -0.2) is 31.1 Å². The van der Waals surface area contributed by atoms with E-state index in [1.165, 1.54) is 38.6 Å². The highest BCUT2D eigenvalue weighted by Crippen LogP contribution is 2.48. The summed E-state index contributed by atoms with van der Waals surface area (Å²) in [6, 6.07) is 0.601. The fourth-order valence-corrected chi connectivity index (χ4v) is 3.78. The number of fused-ring (bicyclic) bond motifs is 2. The smallest absolute Gasteiger partial charge is 0.0212 e. The summed E-state index contributed by atoms with van der Waals surface area (Å²) in [5, 5.41) is 0. The summed E-state index contributed by atoms with van der Waals surface area (Å²) in [6.07, 6.45) is 7.23. The predicted molar refractivity (Wildman–Crippen MR) is 64.7 cm³/mol. The lowest BCUT2D eigenvalue weighted by atomic mass is 9.88. The van der Waals surface area contributed by atoms with Gasteiger partial charge in [0.2, 0.25) is 0 Å². The molecule has 0 spiro atoms.